The zero-order valence-electron chi connectivity index (χ0n) is 15.5. The number of fused-ring (bicyclic) bond motifs is 2. The highest BCUT2D eigenvalue weighted by molar-refractivity contribution is 5.38. The van der Waals surface area contributed by atoms with Crippen LogP contribution in [0.1, 0.15) is 87.8 Å². The SMILES string of the molecule is CCC1CCC2CC(c3ccc4c(c3F)CCC(C)C4)CCC2C1. The van der Waals surface area contributed by atoms with Gasteiger partial charge in [0, 0.05) is 0 Å². The van der Waals surface area contributed by atoms with Crippen molar-refractivity contribution < 1.29 is 4.39 Å². The second-order valence-corrected chi connectivity index (χ2v) is 9.07. The van der Waals surface area contributed by atoms with E-state index in [2.05, 4.69) is 26.0 Å². The van der Waals surface area contributed by atoms with Gasteiger partial charge in [-0.3, -0.25) is 0 Å². The first kappa shape index (κ1) is 16.6. The van der Waals surface area contributed by atoms with E-state index in [4.69, 9.17) is 0 Å². The number of halogens is 1. The predicted molar refractivity (Wildman–Crippen MR) is 98.8 cm³/mol. The van der Waals surface area contributed by atoms with E-state index in [9.17, 15) is 0 Å². The highest BCUT2D eigenvalue weighted by Gasteiger charge is 2.36. The Morgan fingerprint density at radius 2 is 1.79 bits per heavy atom. The minimum absolute atomic E-state index is 0.171. The number of benzene rings is 1. The molecule has 2 fully saturated rings. The Bertz CT molecular complexity index is 590. The Balaban J connectivity index is 1.51. The molecule has 0 amide bonds. The fraction of sp³-hybridized carbons (Fsp3) is 0.739. The van der Waals surface area contributed by atoms with Crippen LogP contribution in [0.4, 0.5) is 4.39 Å². The number of hydrogen-bond donors (Lipinski definition) is 0. The molecule has 132 valence electrons. The third kappa shape index (κ3) is 3.04. The molecule has 1 aromatic carbocycles. The van der Waals surface area contributed by atoms with Crippen molar-refractivity contribution in [1.29, 1.82) is 0 Å². The third-order valence-electron chi connectivity index (χ3n) is 7.56. The van der Waals surface area contributed by atoms with Crippen molar-refractivity contribution in [3.63, 3.8) is 0 Å². The van der Waals surface area contributed by atoms with Crippen molar-refractivity contribution in [1.82, 2.24) is 0 Å². The van der Waals surface area contributed by atoms with Gasteiger partial charge < -0.3 is 0 Å². The van der Waals surface area contributed by atoms with Crippen LogP contribution in [0.2, 0.25) is 0 Å². The topological polar surface area (TPSA) is 0 Å². The largest absolute Gasteiger partial charge is 0.206 e. The van der Waals surface area contributed by atoms with Gasteiger partial charge in [0.1, 0.15) is 5.82 Å². The lowest BCUT2D eigenvalue weighted by molar-refractivity contribution is 0.115. The second kappa shape index (κ2) is 6.81. The van der Waals surface area contributed by atoms with Crippen molar-refractivity contribution in [3.8, 4) is 0 Å². The van der Waals surface area contributed by atoms with Gasteiger partial charge >= 0.3 is 0 Å². The quantitative estimate of drug-likeness (QED) is 0.569. The minimum Gasteiger partial charge on any atom is -0.206 e. The van der Waals surface area contributed by atoms with E-state index in [-0.39, 0.29) is 5.82 Å². The van der Waals surface area contributed by atoms with Gasteiger partial charge in [0.25, 0.3) is 0 Å². The molecular formula is C23H33F. The van der Waals surface area contributed by atoms with Crippen molar-refractivity contribution in [2.75, 3.05) is 0 Å². The standard InChI is InChI=1S/C23H33F/c1-3-16-5-6-18-14-20(8-7-17(18)13-16)22-11-9-19-12-15(2)4-10-21(19)23(22)24/h9,11,15-18,20H,3-8,10,12-14H2,1-2H3. The lowest BCUT2D eigenvalue weighted by atomic mass is 9.63. The van der Waals surface area contributed by atoms with Gasteiger partial charge in [-0.1, -0.05) is 38.8 Å². The fourth-order valence-electron chi connectivity index (χ4n) is 5.96. The van der Waals surface area contributed by atoms with Gasteiger partial charge in [0.15, 0.2) is 0 Å². The summed E-state index contributed by atoms with van der Waals surface area (Å²) in [5.41, 5.74) is 3.40. The first-order valence-corrected chi connectivity index (χ1v) is 10.5. The Hall–Kier alpha value is -0.850. The van der Waals surface area contributed by atoms with Gasteiger partial charge in [-0.25, -0.2) is 4.39 Å². The Morgan fingerprint density at radius 1 is 1.00 bits per heavy atom. The van der Waals surface area contributed by atoms with Crippen LogP contribution in [-0.4, -0.2) is 0 Å². The van der Waals surface area contributed by atoms with Crippen molar-refractivity contribution in [3.05, 3.63) is 34.6 Å². The molecule has 2 saturated carbocycles. The summed E-state index contributed by atoms with van der Waals surface area (Å²) >= 11 is 0. The number of rotatable bonds is 2. The molecule has 5 unspecified atom stereocenters. The van der Waals surface area contributed by atoms with E-state index in [0.717, 1.165) is 48.1 Å². The summed E-state index contributed by atoms with van der Waals surface area (Å²) in [6, 6.07) is 4.40. The van der Waals surface area contributed by atoms with E-state index in [1.807, 2.05) is 0 Å². The predicted octanol–water partition coefficient (Wildman–Crippen LogP) is 6.66. The molecular weight excluding hydrogens is 295 g/mol. The Morgan fingerprint density at radius 3 is 2.62 bits per heavy atom. The summed E-state index contributed by atoms with van der Waals surface area (Å²) in [5, 5.41) is 0. The van der Waals surface area contributed by atoms with Crippen LogP contribution in [0.5, 0.6) is 0 Å². The van der Waals surface area contributed by atoms with Gasteiger partial charge in [-0.15, -0.1) is 0 Å². The average Bonchev–Trinajstić information content (AvgIpc) is 2.61. The molecule has 0 N–H and O–H groups in total. The van der Waals surface area contributed by atoms with E-state index in [1.54, 1.807) is 0 Å². The maximum absolute atomic E-state index is 15.2. The normalized spacial score (nSPS) is 36.0. The lowest BCUT2D eigenvalue weighted by Gasteiger charge is -2.42. The summed E-state index contributed by atoms with van der Waals surface area (Å²) in [7, 11) is 0. The Kier molecular flexibility index (Phi) is 4.71. The monoisotopic (exact) mass is 328 g/mol. The summed E-state index contributed by atoms with van der Waals surface area (Å²) in [6.07, 6.45) is 12.6. The maximum Gasteiger partial charge on any atom is 0.130 e. The Labute approximate surface area is 147 Å². The van der Waals surface area contributed by atoms with Crippen LogP contribution < -0.4 is 0 Å². The summed E-state index contributed by atoms with van der Waals surface area (Å²) in [4.78, 5) is 0. The van der Waals surface area contributed by atoms with Crippen LogP contribution in [0.15, 0.2) is 12.1 Å². The summed E-state index contributed by atoms with van der Waals surface area (Å²) in [5.74, 6) is 4.12. The summed E-state index contributed by atoms with van der Waals surface area (Å²) < 4.78 is 15.2. The van der Waals surface area contributed by atoms with Crippen LogP contribution in [-0.2, 0) is 12.8 Å². The van der Waals surface area contributed by atoms with Crippen LogP contribution in [0.3, 0.4) is 0 Å². The molecule has 0 radical (unpaired) electrons. The van der Waals surface area contributed by atoms with Gasteiger partial charge in [-0.2, -0.15) is 0 Å². The van der Waals surface area contributed by atoms with E-state index in [1.165, 1.54) is 50.5 Å². The van der Waals surface area contributed by atoms with Crippen molar-refractivity contribution in [2.45, 2.75) is 84.0 Å². The lowest BCUT2D eigenvalue weighted by Crippen LogP contribution is -2.30. The molecule has 0 spiro atoms. The van der Waals surface area contributed by atoms with E-state index in [0.29, 0.717) is 11.8 Å². The molecule has 0 saturated heterocycles. The van der Waals surface area contributed by atoms with Gasteiger partial charge in [0.2, 0.25) is 0 Å². The maximum atomic E-state index is 15.2. The molecule has 1 heteroatoms. The zero-order valence-corrected chi connectivity index (χ0v) is 15.5. The second-order valence-electron chi connectivity index (χ2n) is 9.07. The molecule has 0 heterocycles. The van der Waals surface area contributed by atoms with E-state index < -0.39 is 0 Å². The molecule has 0 aromatic heterocycles. The van der Waals surface area contributed by atoms with Crippen LogP contribution in [0, 0.1) is 29.5 Å². The van der Waals surface area contributed by atoms with Crippen LogP contribution in [0.25, 0.3) is 0 Å². The molecule has 4 rings (SSSR count). The average molecular weight is 329 g/mol. The van der Waals surface area contributed by atoms with Gasteiger partial charge in [-0.05, 0) is 97.6 Å². The number of hydrogen-bond acceptors (Lipinski definition) is 0. The van der Waals surface area contributed by atoms with Crippen molar-refractivity contribution >= 4 is 0 Å². The molecule has 1 aromatic rings. The molecule has 0 nitrogen and oxygen atoms in total. The van der Waals surface area contributed by atoms with Crippen molar-refractivity contribution in [2.24, 2.45) is 23.7 Å². The zero-order chi connectivity index (χ0) is 16.7. The molecule has 3 aliphatic rings. The minimum atomic E-state index is 0.171. The molecule has 0 aliphatic heterocycles. The third-order valence-corrected chi connectivity index (χ3v) is 7.56. The molecule has 24 heavy (non-hydrogen) atoms. The van der Waals surface area contributed by atoms with Gasteiger partial charge in [0.05, 0.1) is 0 Å². The fourth-order valence-corrected chi connectivity index (χ4v) is 5.96. The van der Waals surface area contributed by atoms with E-state index >= 15 is 4.39 Å². The highest BCUT2D eigenvalue weighted by Crippen LogP contribution is 2.49. The summed E-state index contributed by atoms with van der Waals surface area (Å²) in [6.45, 7) is 4.64. The first-order chi connectivity index (χ1) is 11.7. The smallest absolute Gasteiger partial charge is 0.130 e. The molecule has 3 aliphatic carbocycles. The molecule has 0 bridgehead atoms. The molecule has 5 atom stereocenters. The highest BCUT2D eigenvalue weighted by atomic mass is 19.1. The first-order valence-electron chi connectivity index (χ1n) is 10.5. The van der Waals surface area contributed by atoms with Crippen LogP contribution >= 0.6 is 0 Å².